The average Bonchev–Trinajstić information content (AvgIpc) is 2.17. The second kappa shape index (κ2) is 2.63. The molecule has 60 valence electrons. The molecule has 4 nitrogen and oxygen atoms in total. The lowest BCUT2D eigenvalue weighted by molar-refractivity contribution is 0.100. The molecular weight excluding hydrogens is 182 g/mol. The zero-order valence-electron chi connectivity index (χ0n) is 5.83. The minimum Gasteiger partial charge on any atom is -0.384 e. The largest absolute Gasteiger partial charge is 0.384 e. The molecule has 0 unspecified atom stereocenters. The van der Waals surface area contributed by atoms with Crippen LogP contribution in [0.1, 0.15) is 9.67 Å². The fourth-order valence-corrected chi connectivity index (χ4v) is 1.74. The summed E-state index contributed by atoms with van der Waals surface area (Å²) in [4.78, 5) is 11.0. The molecule has 4 N–H and O–H groups in total. The summed E-state index contributed by atoms with van der Waals surface area (Å²) >= 11 is 6.00. The van der Waals surface area contributed by atoms with Gasteiger partial charge in [0.1, 0.15) is 10.7 Å². The third-order valence-electron chi connectivity index (χ3n) is 1.28. The van der Waals surface area contributed by atoms with E-state index < -0.39 is 5.91 Å². The first-order valence-corrected chi connectivity index (χ1v) is 4.01. The zero-order valence-corrected chi connectivity index (χ0v) is 7.46. The van der Waals surface area contributed by atoms with Gasteiger partial charge in [0.15, 0.2) is 3.95 Å². The molecular formula is C5H7N3OS2. The standard InChI is InChI=1S/C5H7N3OS2/c1-8-3(6)2(4(7)9)11-5(8)10/h6H2,1H3,(H2,7,9). The van der Waals surface area contributed by atoms with E-state index >= 15 is 0 Å². The normalized spacial score (nSPS) is 9.91. The molecule has 0 aliphatic heterocycles. The first-order valence-electron chi connectivity index (χ1n) is 2.79. The van der Waals surface area contributed by atoms with E-state index in [0.29, 0.717) is 14.6 Å². The zero-order chi connectivity index (χ0) is 8.59. The van der Waals surface area contributed by atoms with Crippen molar-refractivity contribution in [3.05, 3.63) is 8.83 Å². The van der Waals surface area contributed by atoms with Crippen molar-refractivity contribution in [1.29, 1.82) is 0 Å². The Balaban J connectivity index is 3.42. The molecule has 0 aromatic carbocycles. The molecule has 0 atom stereocenters. The van der Waals surface area contributed by atoms with Crippen molar-refractivity contribution < 1.29 is 4.79 Å². The molecule has 11 heavy (non-hydrogen) atoms. The van der Waals surface area contributed by atoms with Crippen LogP contribution >= 0.6 is 23.6 Å². The maximum absolute atomic E-state index is 10.7. The summed E-state index contributed by atoms with van der Waals surface area (Å²) in [6, 6.07) is 0. The molecule has 1 heterocycles. The van der Waals surface area contributed by atoms with E-state index in [4.69, 9.17) is 23.7 Å². The van der Waals surface area contributed by atoms with Crippen LogP contribution in [0.3, 0.4) is 0 Å². The second-order valence-corrected chi connectivity index (χ2v) is 3.65. The van der Waals surface area contributed by atoms with Gasteiger partial charge in [0.05, 0.1) is 0 Å². The number of hydrogen-bond acceptors (Lipinski definition) is 4. The van der Waals surface area contributed by atoms with Crippen LogP contribution in [-0.4, -0.2) is 10.5 Å². The summed E-state index contributed by atoms with van der Waals surface area (Å²) in [7, 11) is 1.70. The van der Waals surface area contributed by atoms with Crippen LogP contribution in [0.15, 0.2) is 0 Å². The predicted molar refractivity (Wildman–Crippen MR) is 47.1 cm³/mol. The summed E-state index contributed by atoms with van der Waals surface area (Å²) in [6.45, 7) is 0. The third kappa shape index (κ3) is 1.26. The summed E-state index contributed by atoms with van der Waals surface area (Å²) in [6.07, 6.45) is 0. The van der Waals surface area contributed by atoms with Crippen LogP contribution in [0.2, 0.25) is 0 Å². The van der Waals surface area contributed by atoms with Crippen molar-refractivity contribution in [2.45, 2.75) is 0 Å². The number of carbonyl (C=O) groups excluding carboxylic acids is 1. The number of nitrogens with two attached hydrogens (primary N) is 2. The molecule has 0 aliphatic carbocycles. The highest BCUT2D eigenvalue weighted by molar-refractivity contribution is 7.73. The van der Waals surface area contributed by atoms with E-state index in [0.717, 1.165) is 11.3 Å². The van der Waals surface area contributed by atoms with Gasteiger partial charge in [-0.2, -0.15) is 0 Å². The van der Waals surface area contributed by atoms with Crippen LogP contribution in [-0.2, 0) is 7.05 Å². The quantitative estimate of drug-likeness (QED) is 0.632. The number of carbonyl (C=O) groups is 1. The predicted octanol–water partition coefficient (Wildman–Crippen LogP) is 0.497. The topological polar surface area (TPSA) is 74.0 Å². The van der Waals surface area contributed by atoms with Crippen molar-refractivity contribution in [1.82, 2.24) is 4.57 Å². The van der Waals surface area contributed by atoms with Gasteiger partial charge < -0.3 is 16.0 Å². The lowest BCUT2D eigenvalue weighted by atomic mass is 10.5. The lowest BCUT2D eigenvalue weighted by Gasteiger charge is -1.94. The van der Waals surface area contributed by atoms with Crippen LogP contribution in [0.4, 0.5) is 5.82 Å². The Labute approximate surface area is 72.4 Å². The molecule has 0 fully saturated rings. The van der Waals surface area contributed by atoms with E-state index in [-0.39, 0.29) is 0 Å². The number of rotatable bonds is 1. The number of anilines is 1. The van der Waals surface area contributed by atoms with Gasteiger partial charge in [-0.25, -0.2) is 0 Å². The van der Waals surface area contributed by atoms with Gasteiger partial charge in [-0.1, -0.05) is 11.3 Å². The number of nitrogens with zero attached hydrogens (tertiary/aromatic N) is 1. The monoisotopic (exact) mass is 189 g/mol. The highest BCUT2D eigenvalue weighted by Crippen LogP contribution is 2.19. The van der Waals surface area contributed by atoms with Gasteiger partial charge in [-0.3, -0.25) is 4.79 Å². The van der Waals surface area contributed by atoms with E-state index in [9.17, 15) is 4.79 Å². The van der Waals surface area contributed by atoms with E-state index in [1.54, 1.807) is 11.6 Å². The third-order valence-corrected chi connectivity index (χ3v) is 2.87. The molecule has 1 aromatic heterocycles. The minimum atomic E-state index is -0.529. The van der Waals surface area contributed by atoms with E-state index in [1.165, 1.54) is 0 Å². The van der Waals surface area contributed by atoms with Crippen molar-refractivity contribution in [3.63, 3.8) is 0 Å². The maximum Gasteiger partial charge on any atom is 0.262 e. The number of amides is 1. The number of hydrogen-bond donors (Lipinski definition) is 2. The summed E-state index contributed by atoms with van der Waals surface area (Å²) in [5, 5.41) is 0. The highest BCUT2D eigenvalue weighted by atomic mass is 32.1. The van der Waals surface area contributed by atoms with Crippen LogP contribution in [0.5, 0.6) is 0 Å². The van der Waals surface area contributed by atoms with Crippen LogP contribution in [0.25, 0.3) is 0 Å². The Morgan fingerprint density at radius 2 is 2.27 bits per heavy atom. The van der Waals surface area contributed by atoms with Crippen molar-refractivity contribution >= 4 is 35.3 Å². The Bertz CT molecular complexity index is 351. The molecule has 0 saturated carbocycles. The number of nitrogen functional groups attached to an aromatic ring is 1. The molecule has 6 heteroatoms. The van der Waals surface area contributed by atoms with Crippen molar-refractivity contribution in [2.75, 3.05) is 5.73 Å². The first kappa shape index (κ1) is 8.22. The molecule has 0 spiro atoms. The van der Waals surface area contributed by atoms with Gasteiger partial charge >= 0.3 is 0 Å². The summed E-state index contributed by atoms with van der Waals surface area (Å²) in [5.41, 5.74) is 10.5. The maximum atomic E-state index is 10.7. The van der Waals surface area contributed by atoms with Crippen LogP contribution < -0.4 is 11.5 Å². The minimum absolute atomic E-state index is 0.331. The molecule has 1 aromatic rings. The number of aromatic nitrogens is 1. The van der Waals surface area contributed by atoms with Crippen molar-refractivity contribution in [3.8, 4) is 0 Å². The second-order valence-electron chi connectivity index (χ2n) is 2.01. The van der Waals surface area contributed by atoms with Gasteiger partial charge in [0, 0.05) is 7.05 Å². The average molecular weight is 189 g/mol. The van der Waals surface area contributed by atoms with Crippen molar-refractivity contribution in [2.24, 2.45) is 12.8 Å². The van der Waals surface area contributed by atoms with Gasteiger partial charge in [0.25, 0.3) is 5.91 Å². The Morgan fingerprint density at radius 1 is 1.73 bits per heavy atom. The molecule has 0 aliphatic rings. The Morgan fingerprint density at radius 3 is 2.45 bits per heavy atom. The van der Waals surface area contributed by atoms with E-state index in [1.807, 2.05) is 0 Å². The highest BCUT2D eigenvalue weighted by Gasteiger charge is 2.10. The van der Waals surface area contributed by atoms with E-state index in [2.05, 4.69) is 0 Å². The molecule has 0 bridgehead atoms. The van der Waals surface area contributed by atoms with Gasteiger partial charge in [-0.15, -0.1) is 0 Å². The molecule has 0 saturated heterocycles. The molecule has 1 rings (SSSR count). The first-order chi connectivity index (χ1) is 5.04. The summed E-state index contributed by atoms with van der Waals surface area (Å²) in [5.74, 6) is -0.188. The molecule has 0 radical (unpaired) electrons. The lowest BCUT2D eigenvalue weighted by Crippen LogP contribution is -2.12. The smallest absolute Gasteiger partial charge is 0.262 e. The fraction of sp³-hybridized carbons (Fsp3) is 0.200. The number of primary amides is 1. The fourth-order valence-electron chi connectivity index (χ4n) is 0.635. The summed E-state index contributed by atoms with van der Waals surface area (Å²) < 4.78 is 2.11. The number of thiazole rings is 1. The van der Waals surface area contributed by atoms with Gasteiger partial charge in [0.2, 0.25) is 0 Å². The Kier molecular flexibility index (Phi) is 1.97. The van der Waals surface area contributed by atoms with Gasteiger partial charge in [-0.05, 0) is 12.2 Å². The molecule has 1 amide bonds. The SMILES string of the molecule is Cn1c(N)c(C(N)=O)sc1=S. The Hall–Kier alpha value is -0.880. The van der Waals surface area contributed by atoms with Crippen LogP contribution in [0, 0.1) is 3.95 Å².